The van der Waals surface area contributed by atoms with E-state index in [-0.39, 0.29) is 40.1 Å². The van der Waals surface area contributed by atoms with Crippen molar-refractivity contribution >= 4 is 38.2 Å². The Labute approximate surface area is 212 Å². The Morgan fingerprint density at radius 3 is 2.24 bits per heavy atom. The Kier molecular flexibility index (Phi) is 6.84. The number of anilines is 2. The number of rotatable bonds is 7. The normalized spacial score (nSPS) is 14.1. The van der Waals surface area contributed by atoms with Gasteiger partial charge in [0, 0.05) is 28.5 Å². The minimum atomic E-state index is -4.78. The van der Waals surface area contributed by atoms with Crippen LogP contribution in [0, 0.1) is 6.92 Å². The van der Waals surface area contributed by atoms with Crippen LogP contribution < -0.4 is 19.1 Å². The molecule has 15 heteroatoms. The van der Waals surface area contributed by atoms with Gasteiger partial charge < -0.3 is 14.4 Å². The van der Waals surface area contributed by atoms with Gasteiger partial charge in [0.2, 0.25) is 10.0 Å². The van der Waals surface area contributed by atoms with Gasteiger partial charge >= 0.3 is 12.4 Å². The Balaban J connectivity index is 1.86. The van der Waals surface area contributed by atoms with Crippen molar-refractivity contribution in [2.24, 2.45) is 0 Å². The first-order valence-corrected chi connectivity index (χ1v) is 12.7. The number of fused-ring (bicyclic) bond motifs is 2. The molecule has 0 unspecified atom stereocenters. The number of nitrogens with zero attached hydrogens (tertiary/aromatic N) is 2. The van der Waals surface area contributed by atoms with E-state index in [1.807, 2.05) is 0 Å². The number of hydrogen-bond acceptors (Lipinski definition) is 6. The Bertz CT molecular complexity index is 1520. The van der Waals surface area contributed by atoms with Crippen LogP contribution in [0.15, 0.2) is 36.5 Å². The van der Waals surface area contributed by atoms with Gasteiger partial charge in [0.1, 0.15) is 11.3 Å². The van der Waals surface area contributed by atoms with Gasteiger partial charge in [-0.2, -0.15) is 26.3 Å². The number of nitrogens with one attached hydrogen (secondary N) is 1. The van der Waals surface area contributed by atoms with E-state index in [0.717, 1.165) is 11.2 Å². The predicted octanol–water partition coefficient (Wildman–Crippen LogP) is 4.96. The number of alkyl halides is 6. The molecule has 1 aliphatic rings. The molecule has 1 aliphatic heterocycles. The molecule has 0 spiro atoms. The van der Waals surface area contributed by atoms with Crippen LogP contribution in [-0.2, 0) is 16.6 Å². The topological polar surface area (TPSA) is 97.8 Å². The number of carbonyl (C=O) groups excluding carboxylic acids is 1. The van der Waals surface area contributed by atoms with E-state index >= 15 is 0 Å². The van der Waals surface area contributed by atoms with Crippen molar-refractivity contribution in [3.05, 3.63) is 53.2 Å². The number of hydrogen-bond donors (Lipinski definition) is 1. The van der Waals surface area contributed by atoms with Crippen LogP contribution in [-0.4, -0.2) is 51.1 Å². The fourth-order valence-electron chi connectivity index (χ4n) is 4.09. The van der Waals surface area contributed by atoms with Crippen molar-refractivity contribution in [3.63, 3.8) is 0 Å². The van der Waals surface area contributed by atoms with Gasteiger partial charge in [-0.05, 0) is 42.8 Å². The fourth-order valence-corrected chi connectivity index (χ4v) is 4.64. The van der Waals surface area contributed by atoms with Gasteiger partial charge in [0.05, 0.1) is 18.4 Å². The van der Waals surface area contributed by atoms with Crippen LogP contribution in [0.2, 0.25) is 0 Å². The SMILES string of the molecule is Cc1cc(NS(C)(=O)=O)ccc1N1Cc2c(c(OCC(F)(F)F)c3ncccc3c2OCC(F)(F)F)C1=O. The summed E-state index contributed by atoms with van der Waals surface area (Å²) in [7, 11) is -3.61. The third kappa shape index (κ3) is 5.87. The molecule has 204 valence electrons. The quantitative estimate of drug-likeness (QED) is 0.409. The highest BCUT2D eigenvalue weighted by Gasteiger charge is 2.40. The molecule has 0 aliphatic carbocycles. The lowest BCUT2D eigenvalue weighted by Gasteiger charge is -2.19. The average Bonchev–Trinajstić information content (AvgIpc) is 3.10. The van der Waals surface area contributed by atoms with Gasteiger partial charge in [-0.15, -0.1) is 0 Å². The number of aryl methyl sites for hydroxylation is 1. The minimum Gasteiger partial charge on any atom is -0.483 e. The molecule has 2 heterocycles. The molecule has 1 aromatic heterocycles. The van der Waals surface area contributed by atoms with E-state index < -0.39 is 52.8 Å². The van der Waals surface area contributed by atoms with E-state index in [9.17, 15) is 39.6 Å². The van der Waals surface area contributed by atoms with E-state index in [1.165, 1.54) is 36.5 Å². The van der Waals surface area contributed by atoms with Gasteiger partial charge in [0.15, 0.2) is 19.0 Å². The first kappa shape index (κ1) is 27.3. The molecule has 4 rings (SSSR count). The summed E-state index contributed by atoms with van der Waals surface area (Å²) >= 11 is 0. The second-order valence-electron chi connectivity index (χ2n) is 8.49. The molecular weight excluding hydrogens is 544 g/mol. The third-order valence-corrected chi connectivity index (χ3v) is 6.00. The number of ether oxygens (including phenoxy) is 2. The monoisotopic (exact) mass is 563 g/mol. The van der Waals surface area contributed by atoms with E-state index in [1.54, 1.807) is 6.92 Å². The summed E-state index contributed by atoms with van der Waals surface area (Å²) in [6.07, 6.45) is -7.38. The lowest BCUT2D eigenvalue weighted by molar-refractivity contribution is -0.154. The summed E-state index contributed by atoms with van der Waals surface area (Å²) in [6.45, 7) is -2.29. The van der Waals surface area contributed by atoms with Gasteiger partial charge in [-0.25, -0.2) is 8.42 Å². The zero-order chi connectivity index (χ0) is 28.0. The van der Waals surface area contributed by atoms with Crippen molar-refractivity contribution in [2.45, 2.75) is 25.8 Å². The molecule has 1 amide bonds. The number of carbonyl (C=O) groups is 1. The zero-order valence-corrected chi connectivity index (χ0v) is 20.5. The van der Waals surface area contributed by atoms with Crippen molar-refractivity contribution < 1.29 is 49.0 Å². The first-order chi connectivity index (χ1) is 17.5. The summed E-state index contributed by atoms with van der Waals surface area (Å²) in [5.41, 5.74) is 0.0531. The van der Waals surface area contributed by atoms with Crippen molar-refractivity contribution in [1.29, 1.82) is 0 Å². The second-order valence-corrected chi connectivity index (χ2v) is 10.2. The van der Waals surface area contributed by atoms with Crippen LogP contribution in [0.5, 0.6) is 11.5 Å². The summed E-state index contributed by atoms with van der Waals surface area (Å²) < 4.78 is 114. The number of amides is 1. The van der Waals surface area contributed by atoms with Crippen LogP contribution in [0.4, 0.5) is 37.7 Å². The van der Waals surface area contributed by atoms with Crippen molar-refractivity contribution in [2.75, 3.05) is 29.1 Å². The summed E-state index contributed by atoms with van der Waals surface area (Å²) in [5.74, 6) is -1.75. The molecule has 1 N–H and O–H groups in total. The maximum Gasteiger partial charge on any atom is 0.422 e. The molecule has 8 nitrogen and oxygen atoms in total. The van der Waals surface area contributed by atoms with E-state index in [4.69, 9.17) is 9.47 Å². The molecule has 3 aromatic rings. The summed E-state index contributed by atoms with van der Waals surface area (Å²) in [4.78, 5) is 18.7. The number of sulfonamides is 1. The number of halogens is 6. The number of pyridine rings is 1. The van der Waals surface area contributed by atoms with Crippen LogP contribution in [0.3, 0.4) is 0 Å². The molecule has 0 fully saturated rings. The maximum atomic E-state index is 13.6. The first-order valence-electron chi connectivity index (χ1n) is 10.8. The standard InChI is InChI=1S/C23H19F6N3O5S/c1-12-8-13(31-38(2,34)35)5-6-16(12)32-9-15-17(21(32)33)20(37-11-23(27,28)29)18-14(4-3-7-30-18)19(15)36-10-22(24,25)26/h3-8,31H,9-11H2,1-2H3. The lowest BCUT2D eigenvalue weighted by atomic mass is 10.0. The van der Waals surface area contributed by atoms with E-state index in [0.29, 0.717) is 5.56 Å². The van der Waals surface area contributed by atoms with E-state index in [2.05, 4.69) is 9.71 Å². The largest absolute Gasteiger partial charge is 0.483 e. The number of aromatic nitrogens is 1. The highest BCUT2D eigenvalue weighted by molar-refractivity contribution is 7.92. The molecule has 0 saturated carbocycles. The average molecular weight is 563 g/mol. The van der Waals surface area contributed by atoms with Crippen LogP contribution in [0.1, 0.15) is 21.5 Å². The highest BCUT2D eigenvalue weighted by atomic mass is 32.2. The lowest BCUT2D eigenvalue weighted by Crippen LogP contribution is -2.25. The highest BCUT2D eigenvalue weighted by Crippen LogP contribution is 2.46. The Morgan fingerprint density at radius 2 is 1.66 bits per heavy atom. The summed E-state index contributed by atoms with van der Waals surface area (Å²) in [5, 5.41) is -0.0632. The molecule has 2 aromatic carbocycles. The van der Waals surface area contributed by atoms with Crippen molar-refractivity contribution in [3.8, 4) is 11.5 Å². The maximum absolute atomic E-state index is 13.6. The molecule has 38 heavy (non-hydrogen) atoms. The molecule has 0 saturated heterocycles. The Morgan fingerprint density at radius 1 is 1.03 bits per heavy atom. The molecule has 0 atom stereocenters. The van der Waals surface area contributed by atoms with Gasteiger partial charge in [-0.1, -0.05) is 0 Å². The third-order valence-electron chi connectivity index (χ3n) is 5.40. The zero-order valence-electron chi connectivity index (χ0n) is 19.7. The van der Waals surface area contributed by atoms with Crippen LogP contribution >= 0.6 is 0 Å². The molecule has 0 radical (unpaired) electrons. The molecular formula is C23H19F6N3O5S. The summed E-state index contributed by atoms with van der Waals surface area (Å²) in [6, 6.07) is 6.84. The number of benzene rings is 2. The minimum absolute atomic E-state index is 0.0632. The predicted molar refractivity (Wildman–Crippen MR) is 125 cm³/mol. The second kappa shape index (κ2) is 9.53. The Hall–Kier alpha value is -3.75. The van der Waals surface area contributed by atoms with Crippen molar-refractivity contribution in [1.82, 2.24) is 4.98 Å². The fraction of sp³-hybridized carbons (Fsp3) is 0.304. The van der Waals surface area contributed by atoms with Crippen LogP contribution in [0.25, 0.3) is 10.9 Å². The smallest absolute Gasteiger partial charge is 0.422 e. The van der Waals surface area contributed by atoms with Gasteiger partial charge in [-0.3, -0.25) is 14.5 Å². The van der Waals surface area contributed by atoms with Gasteiger partial charge in [0.25, 0.3) is 5.91 Å². The molecule has 0 bridgehead atoms.